The van der Waals surface area contributed by atoms with Gasteiger partial charge in [-0.3, -0.25) is 15.5 Å². The number of furan rings is 1. The largest absolute Gasteiger partial charge is 0.468 e. The van der Waals surface area contributed by atoms with Crippen LogP contribution in [0.15, 0.2) is 81.3 Å². The van der Waals surface area contributed by atoms with Crippen LogP contribution in [0.3, 0.4) is 0 Å². The second kappa shape index (κ2) is 8.67. The SMILES string of the molecule is C/C(=N\Nc1ccc([N+](=O)[O-])cc1)c1ccc(S(=O)(=O)NCc2ccco2)cc1. The molecule has 0 radical (unpaired) electrons. The lowest BCUT2D eigenvalue weighted by Crippen LogP contribution is -2.23. The molecule has 10 heteroatoms. The minimum absolute atomic E-state index is 0.00583. The van der Waals surface area contributed by atoms with E-state index in [2.05, 4.69) is 15.2 Å². The van der Waals surface area contributed by atoms with Crippen molar-refractivity contribution >= 4 is 27.1 Å². The van der Waals surface area contributed by atoms with Gasteiger partial charge < -0.3 is 4.42 Å². The molecule has 150 valence electrons. The minimum atomic E-state index is -3.67. The van der Waals surface area contributed by atoms with E-state index in [1.165, 1.54) is 30.5 Å². The number of nitro benzene ring substituents is 1. The molecule has 2 aromatic carbocycles. The molecule has 9 nitrogen and oxygen atoms in total. The quantitative estimate of drug-likeness (QED) is 0.330. The first kappa shape index (κ1) is 20.2. The molecule has 3 aromatic rings. The van der Waals surface area contributed by atoms with E-state index in [9.17, 15) is 18.5 Å². The first-order valence-corrected chi connectivity index (χ1v) is 10.0. The second-order valence-corrected chi connectivity index (χ2v) is 7.81. The Morgan fingerprint density at radius 2 is 1.79 bits per heavy atom. The van der Waals surface area contributed by atoms with Gasteiger partial charge in [0, 0.05) is 12.1 Å². The lowest BCUT2D eigenvalue weighted by Gasteiger charge is -2.07. The number of nitrogens with zero attached hydrogens (tertiary/aromatic N) is 2. The average Bonchev–Trinajstić information content (AvgIpc) is 3.25. The Morgan fingerprint density at radius 3 is 2.38 bits per heavy atom. The lowest BCUT2D eigenvalue weighted by molar-refractivity contribution is -0.384. The van der Waals surface area contributed by atoms with Gasteiger partial charge in [-0.25, -0.2) is 13.1 Å². The molecular weight excluding hydrogens is 396 g/mol. The molecule has 0 bridgehead atoms. The highest BCUT2D eigenvalue weighted by Crippen LogP contribution is 2.16. The summed E-state index contributed by atoms with van der Waals surface area (Å²) >= 11 is 0. The highest BCUT2D eigenvalue weighted by Gasteiger charge is 2.14. The number of non-ortho nitro benzene ring substituents is 1. The Kier molecular flexibility index (Phi) is 6.05. The smallest absolute Gasteiger partial charge is 0.269 e. The Labute approximate surface area is 167 Å². The number of hydrogen-bond acceptors (Lipinski definition) is 7. The minimum Gasteiger partial charge on any atom is -0.468 e. The van der Waals surface area contributed by atoms with Gasteiger partial charge in [-0.2, -0.15) is 5.10 Å². The van der Waals surface area contributed by atoms with E-state index >= 15 is 0 Å². The van der Waals surface area contributed by atoms with Crippen molar-refractivity contribution in [2.24, 2.45) is 5.10 Å². The second-order valence-electron chi connectivity index (χ2n) is 6.04. The number of benzene rings is 2. The van der Waals surface area contributed by atoms with Crippen LogP contribution in [0.1, 0.15) is 18.2 Å². The van der Waals surface area contributed by atoms with Gasteiger partial charge in [0.2, 0.25) is 10.0 Å². The molecule has 1 aromatic heterocycles. The zero-order valence-corrected chi connectivity index (χ0v) is 16.2. The molecule has 29 heavy (non-hydrogen) atoms. The molecule has 0 aliphatic carbocycles. The number of anilines is 1. The standard InChI is InChI=1S/C19H18N4O5S/c1-14(21-22-16-6-8-17(9-7-16)23(24)25)15-4-10-19(11-5-15)29(26,27)20-13-18-3-2-12-28-18/h2-12,20,22H,13H2,1H3/b21-14+. The highest BCUT2D eigenvalue weighted by molar-refractivity contribution is 7.89. The molecule has 2 N–H and O–H groups in total. The number of hydrazone groups is 1. The van der Waals surface area contributed by atoms with Gasteiger partial charge in [-0.1, -0.05) is 12.1 Å². The van der Waals surface area contributed by atoms with E-state index < -0.39 is 14.9 Å². The van der Waals surface area contributed by atoms with Crippen molar-refractivity contribution in [2.45, 2.75) is 18.4 Å². The summed E-state index contributed by atoms with van der Waals surface area (Å²) in [6, 6.07) is 15.5. The van der Waals surface area contributed by atoms with Gasteiger partial charge in [-0.05, 0) is 48.9 Å². The summed E-state index contributed by atoms with van der Waals surface area (Å²) in [5, 5.41) is 14.9. The van der Waals surface area contributed by atoms with E-state index in [-0.39, 0.29) is 17.1 Å². The Balaban J connectivity index is 1.65. The van der Waals surface area contributed by atoms with Crippen LogP contribution < -0.4 is 10.1 Å². The molecule has 0 amide bonds. The fourth-order valence-electron chi connectivity index (χ4n) is 2.41. The molecule has 0 saturated heterocycles. The number of sulfonamides is 1. The van der Waals surface area contributed by atoms with E-state index in [0.29, 0.717) is 17.2 Å². The topological polar surface area (TPSA) is 127 Å². The molecule has 0 aliphatic rings. The molecular formula is C19H18N4O5S. The van der Waals surface area contributed by atoms with Crippen LogP contribution in [0.2, 0.25) is 0 Å². The molecule has 0 saturated carbocycles. The number of nitrogens with one attached hydrogen (secondary N) is 2. The molecule has 0 unspecified atom stereocenters. The summed E-state index contributed by atoms with van der Waals surface area (Å²) in [4.78, 5) is 10.3. The number of rotatable bonds is 8. The summed E-state index contributed by atoms with van der Waals surface area (Å²) in [6.07, 6.45) is 1.48. The van der Waals surface area contributed by atoms with Crippen LogP contribution in [0.4, 0.5) is 11.4 Å². The van der Waals surface area contributed by atoms with E-state index in [1.807, 2.05) is 0 Å². The van der Waals surface area contributed by atoms with Crippen molar-refractivity contribution < 1.29 is 17.8 Å². The molecule has 0 atom stereocenters. The maximum Gasteiger partial charge on any atom is 0.269 e. The van der Waals surface area contributed by atoms with E-state index in [4.69, 9.17) is 4.42 Å². The molecule has 1 heterocycles. The fraction of sp³-hybridized carbons (Fsp3) is 0.105. The predicted octanol–water partition coefficient (Wildman–Crippen LogP) is 3.50. The van der Waals surface area contributed by atoms with Crippen molar-refractivity contribution in [2.75, 3.05) is 5.43 Å². The van der Waals surface area contributed by atoms with Crippen LogP contribution in [-0.4, -0.2) is 19.1 Å². The van der Waals surface area contributed by atoms with Gasteiger partial charge in [0.05, 0.1) is 34.0 Å². The van der Waals surface area contributed by atoms with Gasteiger partial charge in [0.1, 0.15) is 5.76 Å². The summed E-state index contributed by atoms with van der Waals surface area (Å²) in [7, 11) is -3.67. The van der Waals surface area contributed by atoms with Crippen molar-refractivity contribution in [3.63, 3.8) is 0 Å². The summed E-state index contributed by atoms with van der Waals surface area (Å²) < 4.78 is 32.3. The van der Waals surface area contributed by atoms with Crippen LogP contribution in [0, 0.1) is 10.1 Å². The average molecular weight is 414 g/mol. The highest BCUT2D eigenvalue weighted by atomic mass is 32.2. The summed E-state index contributed by atoms with van der Waals surface area (Å²) in [6.45, 7) is 1.83. The number of nitro groups is 1. The third-order valence-electron chi connectivity index (χ3n) is 4.03. The summed E-state index contributed by atoms with van der Waals surface area (Å²) in [5.74, 6) is 0.519. The third kappa shape index (κ3) is 5.27. The Bertz CT molecular complexity index is 1110. The Morgan fingerprint density at radius 1 is 1.10 bits per heavy atom. The zero-order valence-electron chi connectivity index (χ0n) is 15.4. The molecule has 0 fully saturated rings. The lowest BCUT2D eigenvalue weighted by atomic mass is 10.1. The normalized spacial score (nSPS) is 12.0. The van der Waals surface area contributed by atoms with Gasteiger partial charge in [-0.15, -0.1) is 0 Å². The molecule has 0 spiro atoms. The third-order valence-corrected chi connectivity index (χ3v) is 5.45. The first-order chi connectivity index (χ1) is 13.8. The predicted molar refractivity (Wildman–Crippen MR) is 108 cm³/mol. The monoisotopic (exact) mass is 414 g/mol. The van der Waals surface area contributed by atoms with E-state index in [0.717, 1.165) is 5.56 Å². The fourth-order valence-corrected chi connectivity index (χ4v) is 3.40. The van der Waals surface area contributed by atoms with Crippen LogP contribution in [0.5, 0.6) is 0 Å². The zero-order chi connectivity index (χ0) is 20.9. The van der Waals surface area contributed by atoms with Gasteiger partial charge in [0.15, 0.2) is 0 Å². The van der Waals surface area contributed by atoms with Crippen molar-refractivity contribution in [3.05, 3.63) is 88.4 Å². The summed E-state index contributed by atoms with van der Waals surface area (Å²) in [5.41, 5.74) is 4.75. The maximum atomic E-state index is 12.4. The maximum absolute atomic E-state index is 12.4. The van der Waals surface area contributed by atoms with Gasteiger partial charge >= 0.3 is 0 Å². The van der Waals surface area contributed by atoms with Crippen LogP contribution >= 0.6 is 0 Å². The van der Waals surface area contributed by atoms with Crippen molar-refractivity contribution in [3.8, 4) is 0 Å². The van der Waals surface area contributed by atoms with Crippen LogP contribution in [0.25, 0.3) is 0 Å². The van der Waals surface area contributed by atoms with Crippen molar-refractivity contribution in [1.29, 1.82) is 0 Å². The Hall–Kier alpha value is -3.50. The van der Waals surface area contributed by atoms with Crippen molar-refractivity contribution in [1.82, 2.24) is 4.72 Å². The van der Waals surface area contributed by atoms with E-state index in [1.54, 1.807) is 43.3 Å². The van der Waals surface area contributed by atoms with Crippen LogP contribution in [-0.2, 0) is 16.6 Å². The number of hydrogen-bond donors (Lipinski definition) is 2. The molecule has 3 rings (SSSR count). The first-order valence-electron chi connectivity index (χ1n) is 8.52. The molecule has 0 aliphatic heterocycles. The van der Waals surface area contributed by atoms with Gasteiger partial charge in [0.25, 0.3) is 5.69 Å².